The molecule has 1 amide bonds. The van der Waals surface area contributed by atoms with Crippen LogP contribution in [0.1, 0.15) is 24.9 Å². The summed E-state index contributed by atoms with van der Waals surface area (Å²) >= 11 is 0. The zero-order valence-corrected chi connectivity index (χ0v) is 9.14. The molecule has 1 aromatic carbocycles. The minimum absolute atomic E-state index is 0.00725. The molecule has 1 fully saturated rings. The van der Waals surface area contributed by atoms with Crippen molar-refractivity contribution in [2.24, 2.45) is 0 Å². The Kier molecular flexibility index (Phi) is 2.64. The first kappa shape index (κ1) is 10.7. The van der Waals surface area contributed by atoms with Crippen molar-refractivity contribution in [1.29, 1.82) is 0 Å². The maximum atomic E-state index is 11.8. The molecule has 1 unspecified atom stereocenters. The van der Waals surface area contributed by atoms with Crippen molar-refractivity contribution >= 4 is 17.4 Å². The summed E-state index contributed by atoms with van der Waals surface area (Å²) in [4.78, 5) is 24.9. The Bertz CT molecular complexity index is 442. The second-order valence-corrected chi connectivity index (χ2v) is 3.90. The molecule has 4 heteroatoms. The number of amides is 1. The largest absolute Gasteiger partial charge is 0.399 e. The molecule has 0 bridgehead atoms. The molecule has 0 spiro atoms. The average molecular weight is 218 g/mol. The number of anilines is 1. The number of ketones is 1. The van der Waals surface area contributed by atoms with Gasteiger partial charge < -0.3 is 10.6 Å². The number of nitrogens with zero attached hydrogens (tertiary/aromatic N) is 1. The predicted octanol–water partition coefficient (Wildman–Crippen LogP) is 1.13. The number of carbonyl (C=O) groups is 2. The summed E-state index contributed by atoms with van der Waals surface area (Å²) in [7, 11) is 0. The molecule has 0 saturated carbocycles. The molecule has 0 aromatic heterocycles. The van der Waals surface area contributed by atoms with Gasteiger partial charge in [0.2, 0.25) is 5.91 Å². The van der Waals surface area contributed by atoms with Crippen molar-refractivity contribution in [2.45, 2.75) is 19.4 Å². The van der Waals surface area contributed by atoms with Gasteiger partial charge in [0.25, 0.3) is 0 Å². The Morgan fingerprint density at radius 1 is 1.44 bits per heavy atom. The van der Waals surface area contributed by atoms with E-state index in [1.54, 1.807) is 23.1 Å². The Hall–Kier alpha value is -1.84. The molecular weight excluding hydrogens is 204 g/mol. The molecule has 84 valence electrons. The van der Waals surface area contributed by atoms with E-state index in [1.807, 2.05) is 13.0 Å². The van der Waals surface area contributed by atoms with Crippen molar-refractivity contribution in [1.82, 2.24) is 4.90 Å². The number of nitrogen functional groups attached to an aromatic ring is 1. The lowest BCUT2D eigenvalue weighted by atomic mass is 10.0. The molecule has 1 aliphatic heterocycles. The minimum Gasteiger partial charge on any atom is -0.399 e. The third kappa shape index (κ3) is 1.66. The highest BCUT2D eigenvalue weighted by molar-refractivity contribution is 6.07. The maximum absolute atomic E-state index is 11.8. The molecule has 1 saturated heterocycles. The summed E-state index contributed by atoms with van der Waals surface area (Å²) in [6, 6.07) is 6.71. The SMILES string of the molecule is CCN1C(=O)CC(=O)C1c1cccc(N)c1. The summed E-state index contributed by atoms with van der Waals surface area (Å²) in [5.41, 5.74) is 7.09. The van der Waals surface area contributed by atoms with E-state index in [2.05, 4.69) is 0 Å². The highest BCUT2D eigenvalue weighted by Crippen LogP contribution is 2.30. The summed E-state index contributed by atoms with van der Waals surface area (Å²) in [5, 5.41) is 0. The molecule has 2 N–H and O–H groups in total. The lowest BCUT2D eigenvalue weighted by Crippen LogP contribution is -2.28. The average Bonchev–Trinajstić information content (AvgIpc) is 2.52. The molecule has 1 aromatic rings. The lowest BCUT2D eigenvalue weighted by Gasteiger charge is -2.22. The smallest absolute Gasteiger partial charge is 0.230 e. The zero-order valence-electron chi connectivity index (χ0n) is 9.14. The first-order valence-electron chi connectivity index (χ1n) is 5.31. The van der Waals surface area contributed by atoms with Gasteiger partial charge in [-0.3, -0.25) is 9.59 Å². The van der Waals surface area contributed by atoms with Gasteiger partial charge in [-0.1, -0.05) is 12.1 Å². The zero-order chi connectivity index (χ0) is 11.7. The maximum Gasteiger partial charge on any atom is 0.230 e. The third-order valence-electron chi connectivity index (χ3n) is 2.83. The molecule has 0 aliphatic carbocycles. The summed E-state index contributed by atoms with van der Waals surface area (Å²) in [6.07, 6.45) is 0.00725. The van der Waals surface area contributed by atoms with Crippen molar-refractivity contribution in [3.63, 3.8) is 0 Å². The monoisotopic (exact) mass is 218 g/mol. The highest BCUT2D eigenvalue weighted by atomic mass is 16.2. The van der Waals surface area contributed by atoms with Crippen LogP contribution in [-0.4, -0.2) is 23.1 Å². The number of nitrogens with two attached hydrogens (primary N) is 1. The normalized spacial score (nSPS) is 20.6. The number of hydrogen-bond acceptors (Lipinski definition) is 3. The van der Waals surface area contributed by atoms with E-state index in [9.17, 15) is 9.59 Å². The van der Waals surface area contributed by atoms with Crippen molar-refractivity contribution in [2.75, 3.05) is 12.3 Å². The number of hydrogen-bond donors (Lipinski definition) is 1. The Morgan fingerprint density at radius 2 is 2.19 bits per heavy atom. The van der Waals surface area contributed by atoms with Crippen molar-refractivity contribution in [3.05, 3.63) is 29.8 Å². The fraction of sp³-hybridized carbons (Fsp3) is 0.333. The van der Waals surface area contributed by atoms with E-state index in [4.69, 9.17) is 5.73 Å². The topological polar surface area (TPSA) is 63.4 Å². The number of benzene rings is 1. The van der Waals surface area contributed by atoms with Gasteiger partial charge in [0.15, 0.2) is 5.78 Å². The Morgan fingerprint density at radius 3 is 2.81 bits per heavy atom. The number of likely N-dealkylation sites (tertiary alicyclic amines) is 1. The molecule has 1 atom stereocenters. The number of likely N-dealkylation sites (N-methyl/N-ethyl adjacent to an activating group) is 1. The van der Waals surface area contributed by atoms with E-state index in [0.29, 0.717) is 12.2 Å². The Balaban J connectivity index is 2.39. The van der Waals surface area contributed by atoms with Crippen LogP contribution in [-0.2, 0) is 9.59 Å². The molecule has 2 rings (SSSR count). The fourth-order valence-electron chi connectivity index (χ4n) is 2.12. The molecular formula is C12H14N2O2. The van der Waals surface area contributed by atoms with Crippen LogP contribution in [0.25, 0.3) is 0 Å². The van der Waals surface area contributed by atoms with E-state index in [1.165, 1.54) is 0 Å². The van der Waals surface area contributed by atoms with Gasteiger partial charge >= 0.3 is 0 Å². The van der Waals surface area contributed by atoms with Crippen LogP contribution in [0.2, 0.25) is 0 Å². The summed E-state index contributed by atoms with van der Waals surface area (Å²) < 4.78 is 0. The van der Waals surface area contributed by atoms with Gasteiger partial charge in [-0.15, -0.1) is 0 Å². The van der Waals surface area contributed by atoms with E-state index in [0.717, 1.165) is 5.56 Å². The second-order valence-electron chi connectivity index (χ2n) is 3.90. The molecule has 4 nitrogen and oxygen atoms in total. The van der Waals surface area contributed by atoms with E-state index >= 15 is 0 Å². The summed E-state index contributed by atoms with van der Waals surface area (Å²) in [5.74, 6) is -0.141. The number of carbonyl (C=O) groups excluding carboxylic acids is 2. The van der Waals surface area contributed by atoms with Crippen LogP contribution in [0.15, 0.2) is 24.3 Å². The van der Waals surface area contributed by atoms with Crippen LogP contribution < -0.4 is 5.73 Å². The quantitative estimate of drug-likeness (QED) is 0.598. The van der Waals surface area contributed by atoms with Gasteiger partial charge in [0.1, 0.15) is 6.04 Å². The molecule has 1 heterocycles. The minimum atomic E-state index is -0.444. The van der Waals surface area contributed by atoms with Gasteiger partial charge in [0.05, 0.1) is 6.42 Å². The van der Waals surface area contributed by atoms with Gasteiger partial charge in [0, 0.05) is 12.2 Å². The van der Waals surface area contributed by atoms with E-state index < -0.39 is 6.04 Å². The molecule has 1 aliphatic rings. The predicted molar refractivity (Wildman–Crippen MR) is 60.6 cm³/mol. The lowest BCUT2D eigenvalue weighted by molar-refractivity contribution is -0.128. The standard InChI is InChI=1S/C12H14N2O2/c1-2-14-11(16)7-10(15)12(14)8-4-3-5-9(13)6-8/h3-6,12H,2,7,13H2,1H3. The fourth-order valence-corrected chi connectivity index (χ4v) is 2.12. The van der Waals surface area contributed by atoms with Crippen molar-refractivity contribution in [3.8, 4) is 0 Å². The van der Waals surface area contributed by atoms with Gasteiger partial charge in [-0.25, -0.2) is 0 Å². The second kappa shape index (κ2) is 3.96. The highest BCUT2D eigenvalue weighted by Gasteiger charge is 2.38. The Labute approximate surface area is 94.0 Å². The van der Waals surface area contributed by atoms with Crippen molar-refractivity contribution < 1.29 is 9.59 Å². The van der Waals surface area contributed by atoms with Crippen LogP contribution in [0.5, 0.6) is 0 Å². The van der Waals surface area contributed by atoms with Crippen LogP contribution in [0.3, 0.4) is 0 Å². The first-order chi connectivity index (χ1) is 7.63. The number of Topliss-reactive ketones (excluding diaryl/α,β-unsaturated/α-hetero) is 1. The third-order valence-corrected chi connectivity index (χ3v) is 2.83. The van der Waals surface area contributed by atoms with Crippen LogP contribution in [0.4, 0.5) is 5.69 Å². The van der Waals surface area contributed by atoms with Gasteiger partial charge in [-0.05, 0) is 24.6 Å². The van der Waals surface area contributed by atoms with Gasteiger partial charge in [-0.2, -0.15) is 0 Å². The van der Waals surface area contributed by atoms with Crippen LogP contribution >= 0.6 is 0 Å². The molecule has 16 heavy (non-hydrogen) atoms. The summed E-state index contributed by atoms with van der Waals surface area (Å²) in [6.45, 7) is 2.42. The number of rotatable bonds is 2. The first-order valence-corrected chi connectivity index (χ1v) is 5.31. The van der Waals surface area contributed by atoms with Crippen LogP contribution in [0, 0.1) is 0 Å². The van der Waals surface area contributed by atoms with E-state index in [-0.39, 0.29) is 18.1 Å². The molecule has 0 radical (unpaired) electrons.